The third kappa shape index (κ3) is 4.29. The summed E-state index contributed by atoms with van der Waals surface area (Å²) in [7, 11) is -3.71. The van der Waals surface area contributed by atoms with E-state index in [2.05, 4.69) is 9.71 Å². The summed E-state index contributed by atoms with van der Waals surface area (Å²) < 4.78 is 29.2. The van der Waals surface area contributed by atoms with E-state index in [-0.39, 0.29) is 22.0 Å². The highest BCUT2D eigenvalue weighted by molar-refractivity contribution is 7.89. The minimum atomic E-state index is -3.71. The molecule has 0 saturated heterocycles. The number of sulfonamides is 1. The predicted molar refractivity (Wildman–Crippen MR) is 98.0 cm³/mol. The van der Waals surface area contributed by atoms with E-state index in [0.717, 1.165) is 11.1 Å². The molecule has 0 unspecified atom stereocenters. The van der Waals surface area contributed by atoms with Gasteiger partial charge in [0.1, 0.15) is 6.07 Å². The highest BCUT2D eigenvalue weighted by Gasteiger charge is 2.15. The van der Waals surface area contributed by atoms with Gasteiger partial charge in [-0.1, -0.05) is 35.9 Å². The first-order chi connectivity index (χ1) is 12.5. The van der Waals surface area contributed by atoms with Gasteiger partial charge in [0, 0.05) is 25.5 Å². The van der Waals surface area contributed by atoms with E-state index < -0.39 is 10.0 Å². The highest BCUT2D eigenvalue weighted by Crippen LogP contribution is 2.20. The lowest BCUT2D eigenvalue weighted by molar-refractivity contribution is 0.581. The number of nitrogens with zero attached hydrogens (tertiary/aromatic N) is 3. The van der Waals surface area contributed by atoms with Crippen LogP contribution in [0.2, 0.25) is 5.02 Å². The minimum Gasteiger partial charge on any atom is -0.333 e. The van der Waals surface area contributed by atoms with E-state index in [9.17, 15) is 8.42 Å². The topological polar surface area (TPSA) is 87.8 Å². The van der Waals surface area contributed by atoms with Crippen molar-refractivity contribution in [2.24, 2.45) is 0 Å². The van der Waals surface area contributed by atoms with Crippen LogP contribution in [0.5, 0.6) is 0 Å². The molecule has 1 N–H and O–H groups in total. The molecule has 0 fully saturated rings. The standard InChI is InChI=1S/C18H15ClN4O2S/c19-18-9-17(6-5-16(18)10-20)26(24,25)22-11-14-1-3-15(4-2-14)12-23-8-7-21-13-23/h1-9,13,22H,11-12H2. The van der Waals surface area contributed by atoms with E-state index >= 15 is 0 Å². The Hall–Kier alpha value is -2.66. The maximum Gasteiger partial charge on any atom is 0.240 e. The van der Waals surface area contributed by atoms with Crippen LogP contribution in [0.4, 0.5) is 0 Å². The van der Waals surface area contributed by atoms with Crippen LogP contribution in [0.1, 0.15) is 16.7 Å². The Morgan fingerprint density at radius 2 is 1.88 bits per heavy atom. The Balaban J connectivity index is 1.66. The van der Waals surface area contributed by atoms with Gasteiger partial charge in [-0.3, -0.25) is 0 Å². The van der Waals surface area contributed by atoms with Gasteiger partial charge in [0.25, 0.3) is 0 Å². The third-order valence-electron chi connectivity index (χ3n) is 3.78. The zero-order valence-corrected chi connectivity index (χ0v) is 15.2. The van der Waals surface area contributed by atoms with Crippen LogP contribution in [0.25, 0.3) is 0 Å². The van der Waals surface area contributed by atoms with E-state index in [0.29, 0.717) is 6.54 Å². The molecule has 8 heteroatoms. The van der Waals surface area contributed by atoms with Crippen LogP contribution in [-0.4, -0.2) is 18.0 Å². The molecule has 26 heavy (non-hydrogen) atoms. The second kappa shape index (κ2) is 7.70. The zero-order chi connectivity index (χ0) is 18.6. The lowest BCUT2D eigenvalue weighted by Crippen LogP contribution is -2.23. The maximum absolute atomic E-state index is 12.4. The van der Waals surface area contributed by atoms with Crippen molar-refractivity contribution in [2.45, 2.75) is 18.0 Å². The van der Waals surface area contributed by atoms with Crippen LogP contribution >= 0.6 is 11.6 Å². The van der Waals surface area contributed by atoms with E-state index in [1.807, 2.05) is 41.1 Å². The van der Waals surface area contributed by atoms with Gasteiger partial charge in [-0.15, -0.1) is 0 Å². The molecule has 3 rings (SSSR count). The molecular formula is C18H15ClN4O2S. The molecule has 6 nitrogen and oxygen atoms in total. The molecule has 0 aliphatic rings. The van der Waals surface area contributed by atoms with Gasteiger partial charge in [-0.05, 0) is 29.3 Å². The van der Waals surface area contributed by atoms with E-state index in [1.54, 1.807) is 12.5 Å². The molecule has 0 atom stereocenters. The molecule has 0 spiro atoms. The van der Waals surface area contributed by atoms with E-state index in [1.165, 1.54) is 18.2 Å². The molecule has 1 aromatic heterocycles. The number of hydrogen-bond acceptors (Lipinski definition) is 4. The van der Waals surface area contributed by atoms with Gasteiger partial charge in [0.05, 0.1) is 21.8 Å². The largest absolute Gasteiger partial charge is 0.333 e. The molecule has 2 aromatic carbocycles. The fourth-order valence-corrected chi connectivity index (χ4v) is 3.70. The van der Waals surface area contributed by atoms with Gasteiger partial charge < -0.3 is 4.57 Å². The summed E-state index contributed by atoms with van der Waals surface area (Å²) in [4.78, 5) is 4.02. The third-order valence-corrected chi connectivity index (χ3v) is 5.50. The van der Waals surface area contributed by atoms with Gasteiger partial charge >= 0.3 is 0 Å². The summed E-state index contributed by atoms with van der Waals surface area (Å²) in [6, 6.07) is 13.6. The number of imidazole rings is 1. The van der Waals surface area contributed by atoms with Crippen LogP contribution in [0.15, 0.2) is 66.1 Å². The molecule has 0 amide bonds. The average Bonchev–Trinajstić information content (AvgIpc) is 3.14. The molecular weight excluding hydrogens is 372 g/mol. The Morgan fingerprint density at radius 3 is 2.50 bits per heavy atom. The van der Waals surface area contributed by atoms with Crippen LogP contribution < -0.4 is 4.72 Å². The zero-order valence-electron chi connectivity index (χ0n) is 13.6. The fraction of sp³-hybridized carbons (Fsp3) is 0.111. The summed E-state index contributed by atoms with van der Waals surface area (Å²) in [5.41, 5.74) is 2.16. The monoisotopic (exact) mass is 386 g/mol. The number of hydrogen-bond donors (Lipinski definition) is 1. The van der Waals surface area contributed by atoms with Gasteiger partial charge in [0.15, 0.2) is 0 Å². The Labute approximate surface area is 156 Å². The predicted octanol–water partition coefficient (Wildman–Crippen LogP) is 2.93. The second-order valence-electron chi connectivity index (χ2n) is 5.63. The van der Waals surface area contributed by atoms with Gasteiger partial charge in [0.2, 0.25) is 10.0 Å². The summed E-state index contributed by atoms with van der Waals surface area (Å²) in [5, 5.41) is 8.97. The summed E-state index contributed by atoms with van der Waals surface area (Å²) >= 11 is 5.91. The Kier molecular flexibility index (Phi) is 5.38. The molecule has 0 aliphatic carbocycles. The summed E-state index contributed by atoms with van der Waals surface area (Å²) in [5.74, 6) is 0. The van der Waals surface area contributed by atoms with Crippen molar-refractivity contribution in [1.29, 1.82) is 5.26 Å². The van der Waals surface area contributed by atoms with Gasteiger partial charge in [-0.2, -0.15) is 5.26 Å². The van der Waals surface area contributed by atoms with Crippen molar-refractivity contribution >= 4 is 21.6 Å². The average molecular weight is 387 g/mol. The van der Waals surface area contributed by atoms with Crippen LogP contribution in [0.3, 0.4) is 0 Å². The highest BCUT2D eigenvalue weighted by atomic mass is 35.5. The molecule has 1 heterocycles. The maximum atomic E-state index is 12.4. The lowest BCUT2D eigenvalue weighted by atomic mass is 10.1. The Bertz CT molecular complexity index is 1040. The van der Waals surface area contributed by atoms with Crippen molar-refractivity contribution in [3.8, 4) is 6.07 Å². The van der Waals surface area contributed by atoms with Crippen LogP contribution in [-0.2, 0) is 23.1 Å². The summed E-state index contributed by atoms with van der Waals surface area (Å²) in [6.45, 7) is 0.862. The SMILES string of the molecule is N#Cc1ccc(S(=O)(=O)NCc2ccc(Cn3ccnc3)cc2)cc1Cl. The molecule has 3 aromatic rings. The van der Waals surface area contributed by atoms with Crippen molar-refractivity contribution in [1.82, 2.24) is 14.3 Å². The Morgan fingerprint density at radius 1 is 1.15 bits per heavy atom. The fourth-order valence-electron chi connectivity index (χ4n) is 2.37. The smallest absolute Gasteiger partial charge is 0.240 e. The first-order valence-electron chi connectivity index (χ1n) is 7.71. The number of rotatable bonds is 6. The molecule has 132 valence electrons. The van der Waals surface area contributed by atoms with Gasteiger partial charge in [-0.25, -0.2) is 18.1 Å². The van der Waals surface area contributed by atoms with Crippen molar-refractivity contribution in [3.05, 3.63) is 82.9 Å². The minimum absolute atomic E-state index is 0.0261. The van der Waals surface area contributed by atoms with Crippen molar-refractivity contribution in [3.63, 3.8) is 0 Å². The molecule has 0 radical (unpaired) electrons. The number of benzene rings is 2. The van der Waals surface area contributed by atoms with Crippen molar-refractivity contribution in [2.75, 3.05) is 0 Å². The number of nitriles is 1. The van der Waals surface area contributed by atoms with Crippen molar-refractivity contribution < 1.29 is 8.42 Å². The van der Waals surface area contributed by atoms with E-state index in [4.69, 9.17) is 16.9 Å². The summed E-state index contributed by atoms with van der Waals surface area (Å²) in [6.07, 6.45) is 5.34. The first kappa shape index (κ1) is 18.1. The number of nitrogens with one attached hydrogen (secondary N) is 1. The quantitative estimate of drug-likeness (QED) is 0.705. The number of aromatic nitrogens is 2. The van der Waals surface area contributed by atoms with Crippen LogP contribution in [0, 0.1) is 11.3 Å². The normalized spacial score (nSPS) is 11.2. The first-order valence-corrected chi connectivity index (χ1v) is 9.57. The molecule has 0 saturated carbocycles. The second-order valence-corrected chi connectivity index (χ2v) is 7.80. The number of halogens is 1. The lowest BCUT2D eigenvalue weighted by Gasteiger charge is -2.09. The molecule has 0 aliphatic heterocycles. The molecule has 0 bridgehead atoms.